The Hall–Kier alpha value is -4.01. The van der Waals surface area contributed by atoms with Crippen LogP contribution in [0.1, 0.15) is 11.1 Å². The van der Waals surface area contributed by atoms with Gasteiger partial charge in [0.1, 0.15) is 12.9 Å². The van der Waals surface area contributed by atoms with Crippen molar-refractivity contribution in [3.8, 4) is 0 Å². The maximum Gasteiger partial charge on any atom is 0.283 e. The molecule has 0 saturated heterocycles. The van der Waals surface area contributed by atoms with E-state index in [1.165, 1.54) is 10.9 Å². The van der Waals surface area contributed by atoms with Gasteiger partial charge in [-0.25, -0.2) is 9.67 Å². The first-order valence-electron chi connectivity index (χ1n) is 9.83. The van der Waals surface area contributed by atoms with Crippen LogP contribution in [0.5, 0.6) is 0 Å². The number of rotatable bonds is 6. The normalized spacial score (nSPS) is 10.9. The van der Waals surface area contributed by atoms with Crippen molar-refractivity contribution in [3.05, 3.63) is 76.3 Å². The van der Waals surface area contributed by atoms with E-state index in [1.54, 1.807) is 4.68 Å². The summed E-state index contributed by atoms with van der Waals surface area (Å²) in [5, 5.41) is 10.9. The zero-order valence-electron chi connectivity index (χ0n) is 17.6. The predicted octanol–water partition coefficient (Wildman–Crippen LogP) is 2.05. The molecule has 4 rings (SSSR count). The molecule has 0 aliphatic carbocycles. The lowest BCUT2D eigenvalue weighted by molar-refractivity contribution is -0.116. The molecule has 2 heterocycles. The SMILES string of the molecule is Cc1ccccc1Cn1nnc2c(=O)n(CC(=O)Nc3ccc(N(C)C)cc3)cnc21. The molecule has 9 heteroatoms. The first-order valence-corrected chi connectivity index (χ1v) is 9.83. The lowest BCUT2D eigenvalue weighted by Crippen LogP contribution is -2.28. The van der Waals surface area contributed by atoms with Gasteiger partial charge in [0.2, 0.25) is 5.91 Å². The Kier molecular flexibility index (Phi) is 5.48. The average molecular weight is 417 g/mol. The molecule has 0 spiro atoms. The van der Waals surface area contributed by atoms with E-state index < -0.39 is 5.56 Å². The molecular formula is C22H23N7O2. The van der Waals surface area contributed by atoms with Gasteiger partial charge in [0.15, 0.2) is 11.2 Å². The number of hydrogen-bond donors (Lipinski definition) is 1. The van der Waals surface area contributed by atoms with Crippen molar-refractivity contribution < 1.29 is 4.79 Å². The van der Waals surface area contributed by atoms with Gasteiger partial charge < -0.3 is 10.2 Å². The largest absolute Gasteiger partial charge is 0.378 e. The van der Waals surface area contributed by atoms with Crippen LogP contribution < -0.4 is 15.8 Å². The summed E-state index contributed by atoms with van der Waals surface area (Å²) in [5.74, 6) is -0.326. The highest BCUT2D eigenvalue weighted by Crippen LogP contribution is 2.16. The number of hydrogen-bond acceptors (Lipinski definition) is 6. The van der Waals surface area contributed by atoms with Crippen LogP contribution in [0.2, 0.25) is 0 Å². The van der Waals surface area contributed by atoms with E-state index in [-0.39, 0.29) is 18.0 Å². The van der Waals surface area contributed by atoms with Crippen molar-refractivity contribution in [2.75, 3.05) is 24.3 Å². The quantitative estimate of drug-likeness (QED) is 0.516. The van der Waals surface area contributed by atoms with Crippen molar-refractivity contribution in [1.82, 2.24) is 24.5 Å². The molecule has 1 amide bonds. The molecule has 0 fully saturated rings. The van der Waals surface area contributed by atoms with Crippen LogP contribution in [0.15, 0.2) is 59.7 Å². The molecule has 0 aliphatic rings. The second-order valence-electron chi connectivity index (χ2n) is 7.51. The molecule has 0 saturated carbocycles. The second-order valence-corrected chi connectivity index (χ2v) is 7.51. The highest BCUT2D eigenvalue weighted by molar-refractivity contribution is 5.90. The minimum atomic E-state index is -0.404. The fraction of sp³-hybridized carbons (Fsp3) is 0.227. The lowest BCUT2D eigenvalue weighted by Gasteiger charge is -2.13. The maximum absolute atomic E-state index is 12.8. The monoisotopic (exact) mass is 417 g/mol. The molecule has 9 nitrogen and oxygen atoms in total. The third-order valence-electron chi connectivity index (χ3n) is 5.05. The fourth-order valence-corrected chi connectivity index (χ4v) is 3.25. The molecule has 4 aromatic rings. The zero-order valence-corrected chi connectivity index (χ0v) is 17.6. The number of aromatic nitrogens is 5. The van der Waals surface area contributed by atoms with Gasteiger partial charge in [-0.1, -0.05) is 29.5 Å². The predicted molar refractivity (Wildman–Crippen MR) is 119 cm³/mol. The number of nitrogens with zero attached hydrogens (tertiary/aromatic N) is 6. The third-order valence-corrected chi connectivity index (χ3v) is 5.05. The number of benzene rings is 2. The van der Waals surface area contributed by atoms with Gasteiger partial charge in [-0.3, -0.25) is 14.2 Å². The van der Waals surface area contributed by atoms with Gasteiger partial charge in [-0.15, -0.1) is 5.10 Å². The number of aryl methyl sites for hydroxylation is 1. The Labute approximate surface area is 178 Å². The summed E-state index contributed by atoms with van der Waals surface area (Å²) in [6.07, 6.45) is 1.36. The summed E-state index contributed by atoms with van der Waals surface area (Å²) in [4.78, 5) is 31.5. The van der Waals surface area contributed by atoms with Crippen LogP contribution >= 0.6 is 0 Å². The molecule has 1 N–H and O–H groups in total. The molecule has 0 radical (unpaired) electrons. The molecule has 0 atom stereocenters. The smallest absolute Gasteiger partial charge is 0.283 e. The minimum Gasteiger partial charge on any atom is -0.378 e. The topological polar surface area (TPSA) is 97.9 Å². The summed E-state index contributed by atoms with van der Waals surface area (Å²) >= 11 is 0. The zero-order chi connectivity index (χ0) is 22.0. The maximum atomic E-state index is 12.8. The number of carbonyl (C=O) groups is 1. The standard InChI is InChI=1S/C22H23N7O2/c1-15-6-4-5-7-16(15)12-29-21-20(25-26-29)22(31)28(14-23-21)13-19(30)24-17-8-10-18(11-9-17)27(2)3/h4-11,14H,12-13H2,1-3H3,(H,24,30). The molecular weight excluding hydrogens is 394 g/mol. The number of carbonyl (C=O) groups excluding carboxylic acids is 1. The second kappa shape index (κ2) is 8.39. The summed E-state index contributed by atoms with van der Waals surface area (Å²) in [6, 6.07) is 15.4. The van der Waals surface area contributed by atoms with Crippen molar-refractivity contribution in [3.63, 3.8) is 0 Å². The average Bonchev–Trinajstić information content (AvgIpc) is 3.15. The van der Waals surface area contributed by atoms with Gasteiger partial charge in [-0.2, -0.15) is 0 Å². The van der Waals surface area contributed by atoms with E-state index in [0.29, 0.717) is 17.9 Å². The Balaban J connectivity index is 1.51. The van der Waals surface area contributed by atoms with Crippen LogP contribution in [0.25, 0.3) is 11.2 Å². The first-order chi connectivity index (χ1) is 14.9. The molecule has 158 valence electrons. The van der Waals surface area contributed by atoms with Gasteiger partial charge >= 0.3 is 0 Å². The molecule has 31 heavy (non-hydrogen) atoms. The Morgan fingerprint density at radius 1 is 1.10 bits per heavy atom. The highest BCUT2D eigenvalue weighted by atomic mass is 16.2. The lowest BCUT2D eigenvalue weighted by atomic mass is 10.1. The number of anilines is 2. The Morgan fingerprint density at radius 3 is 2.55 bits per heavy atom. The summed E-state index contributed by atoms with van der Waals surface area (Å²) in [7, 11) is 3.89. The van der Waals surface area contributed by atoms with Gasteiger partial charge in [-0.05, 0) is 42.3 Å². The molecule has 0 aliphatic heterocycles. The van der Waals surface area contributed by atoms with E-state index >= 15 is 0 Å². The first kappa shape index (κ1) is 20.3. The van der Waals surface area contributed by atoms with Crippen molar-refractivity contribution in [2.24, 2.45) is 0 Å². The van der Waals surface area contributed by atoms with Crippen molar-refractivity contribution >= 4 is 28.4 Å². The van der Waals surface area contributed by atoms with Crippen molar-refractivity contribution in [1.29, 1.82) is 0 Å². The molecule has 2 aromatic carbocycles. The van der Waals surface area contributed by atoms with Gasteiger partial charge in [0, 0.05) is 25.5 Å². The molecule has 0 bridgehead atoms. The van der Waals surface area contributed by atoms with Crippen LogP contribution in [0.3, 0.4) is 0 Å². The molecule has 2 aromatic heterocycles. The van der Waals surface area contributed by atoms with E-state index in [1.807, 2.05) is 74.4 Å². The highest BCUT2D eigenvalue weighted by Gasteiger charge is 2.14. The van der Waals surface area contributed by atoms with E-state index in [9.17, 15) is 9.59 Å². The van der Waals surface area contributed by atoms with Crippen LogP contribution in [0, 0.1) is 6.92 Å². The van der Waals surface area contributed by atoms with Gasteiger partial charge in [0.05, 0.1) is 6.54 Å². The van der Waals surface area contributed by atoms with E-state index in [2.05, 4.69) is 20.6 Å². The number of amides is 1. The fourth-order valence-electron chi connectivity index (χ4n) is 3.25. The number of nitrogens with one attached hydrogen (secondary N) is 1. The van der Waals surface area contributed by atoms with Crippen molar-refractivity contribution in [2.45, 2.75) is 20.0 Å². The minimum absolute atomic E-state index is 0.138. The van der Waals surface area contributed by atoms with E-state index in [4.69, 9.17) is 0 Å². The van der Waals surface area contributed by atoms with Crippen LogP contribution in [-0.4, -0.2) is 44.5 Å². The van der Waals surface area contributed by atoms with E-state index in [0.717, 1.165) is 16.8 Å². The Bertz CT molecular complexity index is 1290. The summed E-state index contributed by atoms with van der Waals surface area (Å²) in [5.41, 5.74) is 4.00. The number of fused-ring (bicyclic) bond motifs is 1. The van der Waals surface area contributed by atoms with Crippen LogP contribution in [-0.2, 0) is 17.9 Å². The van der Waals surface area contributed by atoms with Crippen LogP contribution in [0.4, 0.5) is 11.4 Å². The summed E-state index contributed by atoms with van der Waals surface area (Å²) < 4.78 is 2.83. The van der Waals surface area contributed by atoms with Gasteiger partial charge in [0.25, 0.3) is 5.56 Å². The molecule has 0 unspecified atom stereocenters. The third kappa shape index (κ3) is 4.30. The summed E-state index contributed by atoms with van der Waals surface area (Å²) in [6.45, 7) is 2.31. The Morgan fingerprint density at radius 2 is 1.84 bits per heavy atom.